The Labute approximate surface area is 119 Å². The molecule has 1 aromatic carbocycles. The number of nitrogens with zero attached hydrogens (tertiary/aromatic N) is 2. The van der Waals surface area contributed by atoms with E-state index in [2.05, 4.69) is 9.88 Å². The zero-order chi connectivity index (χ0) is 14.9. The van der Waals surface area contributed by atoms with E-state index >= 15 is 0 Å². The van der Waals surface area contributed by atoms with E-state index in [1.807, 2.05) is 33.2 Å². The summed E-state index contributed by atoms with van der Waals surface area (Å²) in [6.45, 7) is 2.44. The second-order valence-corrected chi connectivity index (χ2v) is 4.86. The highest BCUT2D eigenvalue weighted by atomic mass is 16.5. The van der Waals surface area contributed by atoms with E-state index in [1.54, 1.807) is 14.2 Å². The first-order valence-electron chi connectivity index (χ1n) is 6.46. The van der Waals surface area contributed by atoms with E-state index in [0.717, 1.165) is 33.6 Å². The Hall–Kier alpha value is -2.01. The van der Waals surface area contributed by atoms with Crippen molar-refractivity contribution in [1.82, 2.24) is 4.98 Å². The van der Waals surface area contributed by atoms with Crippen LogP contribution in [0, 0.1) is 6.92 Å². The topological polar surface area (TPSA) is 60.6 Å². The molecule has 0 aliphatic carbocycles. The van der Waals surface area contributed by atoms with Crippen LogP contribution < -0.4 is 20.1 Å². The Kier molecular flexibility index (Phi) is 3.99. The first-order chi connectivity index (χ1) is 9.53. The molecule has 0 bridgehead atoms. The molecule has 5 nitrogen and oxygen atoms in total. The minimum absolute atomic E-state index is 0.401. The summed E-state index contributed by atoms with van der Waals surface area (Å²) in [6.07, 6.45) is 0. The number of hydrogen-bond donors (Lipinski definition) is 1. The van der Waals surface area contributed by atoms with Crippen molar-refractivity contribution < 1.29 is 9.47 Å². The van der Waals surface area contributed by atoms with Crippen LogP contribution in [0.1, 0.15) is 11.3 Å². The Morgan fingerprint density at radius 3 is 2.40 bits per heavy atom. The van der Waals surface area contributed by atoms with Gasteiger partial charge in [-0.15, -0.1) is 0 Å². The van der Waals surface area contributed by atoms with Crippen LogP contribution >= 0.6 is 0 Å². The van der Waals surface area contributed by atoms with Crippen molar-refractivity contribution >= 4 is 16.6 Å². The van der Waals surface area contributed by atoms with Crippen LogP contribution in [0.15, 0.2) is 12.1 Å². The van der Waals surface area contributed by atoms with Crippen molar-refractivity contribution in [1.29, 1.82) is 0 Å². The molecule has 1 heterocycles. The fraction of sp³-hybridized carbons (Fsp3) is 0.400. The molecular formula is C15H21N3O2. The Balaban J connectivity index is 2.93. The predicted octanol–water partition coefficient (Wildman–Crippen LogP) is 2.09. The number of anilines is 1. The highest BCUT2D eigenvalue weighted by molar-refractivity contribution is 5.98. The lowest BCUT2D eigenvalue weighted by Crippen LogP contribution is -2.14. The van der Waals surface area contributed by atoms with Gasteiger partial charge in [-0.2, -0.15) is 0 Å². The average Bonchev–Trinajstić information content (AvgIpc) is 2.44. The summed E-state index contributed by atoms with van der Waals surface area (Å²) < 4.78 is 10.8. The lowest BCUT2D eigenvalue weighted by Gasteiger charge is -2.21. The van der Waals surface area contributed by atoms with Gasteiger partial charge in [-0.05, 0) is 18.6 Å². The van der Waals surface area contributed by atoms with Crippen LogP contribution in [0.25, 0.3) is 10.9 Å². The fourth-order valence-corrected chi connectivity index (χ4v) is 2.48. The van der Waals surface area contributed by atoms with Crippen LogP contribution in [-0.4, -0.2) is 33.3 Å². The molecule has 1 aromatic heterocycles. The van der Waals surface area contributed by atoms with Gasteiger partial charge in [0.1, 0.15) is 17.0 Å². The summed E-state index contributed by atoms with van der Waals surface area (Å²) in [5, 5.41) is 1.00. The van der Waals surface area contributed by atoms with Gasteiger partial charge in [0.2, 0.25) is 0 Å². The number of nitrogens with two attached hydrogens (primary N) is 1. The first-order valence-corrected chi connectivity index (χ1v) is 6.46. The minimum Gasteiger partial charge on any atom is -0.497 e. The van der Waals surface area contributed by atoms with Crippen molar-refractivity contribution in [3.8, 4) is 11.5 Å². The molecule has 0 radical (unpaired) electrons. The zero-order valence-electron chi connectivity index (χ0n) is 12.7. The molecule has 2 N–H and O–H groups in total. The summed E-state index contributed by atoms with van der Waals surface area (Å²) in [5.41, 5.74) is 9.67. The maximum absolute atomic E-state index is 5.81. The van der Waals surface area contributed by atoms with Crippen molar-refractivity contribution in [3.05, 3.63) is 23.4 Å². The van der Waals surface area contributed by atoms with Crippen LogP contribution in [-0.2, 0) is 6.54 Å². The quantitative estimate of drug-likeness (QED) is 0.925. The Bertz CT molecular complexity index is 639. The third-order valence-corrected chi connectivity index (χ3v) is 3.43. The van der Waals surface area contributed by atoms with Crippen molar-refractivity contribution in [2.45, 2.75) is 13.5 Å². The molecule has 2 aromatic rings. The molecule has 0 amide bonds. The number of fused-ring (bicyclic) bond motifs is 1. The highest BCUT2D eigenvalue weighted by Gasteiger charge is 2.17. The van der Waals surface area contributed by atoms with Crippen LogP contribution in [0.5, 0.6) is 11.5 Å². The standard InChI is InChI=1S/C15H21N3O2/c1-9-12(8-16)17-14-11(15(9)18(2)3)6-10(19-4)7-13(14)20-5/h6-7H,8,16H2,1-5H3. The smallest absolute Gasteiger partial charge is 0.148 e. The van der Waals surface area contributed by atoms with E-state index in [4.69, 9.17) is 15.2 Å². The molecule has 0 saturated heterocycles. The monoisotopic (exact) mass is 275 g/mol. The summed E-state index contributed by atoms with van der Waals surface area (Å²) >= 11 is 0. The summed E-state index contributed by atoms with van der Waals surface area (Å²) in [5.74, 6) is 1.44. The third-order valence-electron chi connectivity index (χ3n) is 3.43. The fourth-order valence-electron chi connectivity index (χ4n) is 2.48. The van der Waals surface area contributed by atoms with Crippen LogP contribution in [0.4, 0.5) is 5.69 Å². The van der Waals surface area contributed by atoms with Gasteiger partial charge in [0.15, 0.2) is 0 Å². The lowest BCUT2D eigenvalue weighted by molar-refractivity contribution is 0.397. The molecule has 5 heteroatoms. The first kappa shape index (κ1) is 14.4. The van der Waals surface area contributed by atoms with Gasteiger partial charge >= 0.3 is 0 Å². The van der Waals surface area contributed by atoms with E-state index in [9.17, 15) is 0 Å². The Morgan fingerprint density at radius 1 is 1.20 bits per heavy atom. The number of rotatable bonds is 4. The van der Waals surface area contributed by atoms with Gasteiger partial charge in [-0.1, -0.05) is 0 Å². The molecular weight excluding hydrogens is 254 g/mol. The number of benzene rings is 1. The van der Waals surface area contributed by atoms with Crippen molar-refractivity contribution in [2.75, 3.05) is 33.2 Å². The average molecular weight is 275 g/mol. The molecule has 0 saturated carbocycles. The molecule has 0 spiro atoms. The van der Waals surface area contributed by atoms with E-state index < -0.39 is 0 Å². The molecule has 108 valence electrons. The number of ether oxygens (including phenoxy) is 2. The van der Waals surface area contributed by atoms with Gasteiger partial charge in [0.25, 0.3) is 0 Å². The van der Waals surface area contributed by atoms with Crippen molar-refractivity contribution in [3.63, 3.8) is 0 Å². The molecule has 0 aliphatic rings. The van der Waals surface area contributed by atoms with Gasteiger partial charge in [0, 0.05) is 32.1 Å². The summed E-state index contributed by atoms with van der Waals surface area (Å²) in [4.78, 5) is 6.72. The summed E-state index contributed by atoms with van der Waals surface area (Å²) in [6, 6.07) is 3.82. The second-order valence-electron chi connectivity index (χ2n) is 4.86. The number of hydrogen-bond acceptors (Lipinski definition) is 5. The zero-order valence-corrected chi connectivity index (χ0v) is 12.7. The number of aromatic nitrogens is 1. The molecule has 0 unspecified atom stereocenters. The second kappa shape index (κ2) is 5.54. The largest absolute Gasteiger partial charge is 0.497 e. The molecule has 20 heavy (non-hydrogen) atoms. The molecule has 0 fully saturated rings. The van der Waals surface area contributed by atoms with Gasteiger partial charge in [-0.25, -0.2) is 4.98 Å². The van der Waals surface area contributed by atoms with E-state index in [-0.39, 0.29) is 0 Å². The van der Waals surface area contributed by atoms with Crippen LogP contribution in [0.3, 0.4) is 0 Å². The predicted molar refractivity (Wildman–Crippen MR) is 81.8 cm³/mol. The van der Waals surface area contributed by atoms with E-state index in [1.165, 1.54) is 0 Å². The van der Waals surface area contributed by atoms with Crippen molar-refractivity contribution in [2.24, 2.45) is 5.73 Å². The SMILES string of the molecule is COc1cc(OC)c2nc(CN)c(C)c(N(C)C)c2c1. The normalized spacial score (nSPS) is 10.7. The molecule has 0 atom stereocenters. The van der Waals surface area contributed by atoms with Gasteiger partial charge < -0.3 is 20.1 Å². The van der Waals surface area contributed by atoms with Gasteiger partial charge in [0.05, 0.1) is 25.6 Å². The molecule has 0 aliphatic heterocycles. The summed E-state index contributed by atoms with van der Waals surface area (Å²) in [7, 11) is 7.29. The lowest BCUT2D eigenvalue weighted by atomic mass is 10.0. The highest BCUT2D eigenvalue weighted by Crippen LogP contribution is 2.37. The van der Waals surface area contributed by atoms with Crippen LogP contribution in [0.2, 0.25) is 0 Å². The maximum atomic E-state index is 5.81. The van der Waals surface area contributed by atoms with E-state index in [0.29, 0.717) is 12.3 Å². The maximum Gasteiger partial charge on any atom is 0.148 e. The molecule has 2 rings (SSSR count). The third kappa shape index (κ3) is 2.25. The number of methoxy groups -OCH3 is 2. The minimum atomic E-state index is 0.401. The van der Waals surface area contributed by atoms with Gasteiger partial charge in [-0.3, -0.25) is 0 Å². The Morgan fingerprint density at radius 2 is 1.90 bits per heavy atom. The number of pyridine rings is 1.